The molecule has 1 heterocycles. The molecule has 0 radical (unpaired) electrons. The highest BCUT2D eigenvalue weighted by Gasteiger charge is 2.16. The van der Waals surface area contributed by atoms with E-state index in [4.69, 9.17) is 11.6 Å². The molecule has 0 fully saturated rings. The van der Waals surface area contributed by atoms with Crippen molar-refractivity contribution in [3.05, 3.63) is 55.6 Å². The van der Waals surface area contributed by atoms with Crippen molar-refractivity contribution in [3.63, 3.8) is 0 Å². The molecule has 0 bridgehead atoms. The summed E-state index contributed by atoms with van der Waals surface area (Å²) in [6.45, 7) is 0.145. The van der Waals surface area contributed by atoms with Gasteiger partial charge in [-0.15, -0.1) is 0 Å². The molecule has 0 aliphatic heterocycles. The van der Waals surface area contributed by atoms with E-state index in [2.05, 4.69) is 31.2 Å². The average Bonchev–Trinajstić information content (AvgIpc) is 2.39. The maximum atomic E-state index is 13.1. The summed E-state index contributed by atoms with van der Waals surface area (Å²) >= 11 is 8.87. The predicted octanol–water partition coefficient (Wildman–Crippen LogP) is 3.55. The first-order valence-electron chi connectivity index (χ1n) is 5.32. The molecule has 0 spiro atoms. The van der Waals surface area contributed by atoms with Gasteiger partial charge in [0.15, 0.2) is 0 Å². The van der Waals surface area contributed by atoms with E-state index in [0.29, 0.717) is 10.0 Å². The molecule has 20 heavy (non-hydrogen) atoms. The van der Waals surface area contributed by atoms with Crippen LogP contribution in [-0.2, 0) is 6.54 Å². The Morgan fingerprint density at radius 3 is 2.95 bits per heavy atom. The van der Waals surface area contributed by atoms with Gasteiger partial charge in [0.05, 0.1) is 4.92 Å². The lowest BCUT2D eigenvalue weighted by Gasteiger charge is -2.08. The van der Waals surface area contributed by atoms with Gasteiger partial charge in [-0.3, -0.25) is 10.1 Å². The fourth-order valence-electron chi connectivity index (χ4n) is 1.48. The summed E-state index contributed by atoms with van der Waals surface area (Å²) in [5.41, 5.74) is 0.288. The van der Waals surface area contributed by atoms with Gasteiger partial charge in [-0.25, -0.2) is 9.37 Å². The SMILES string of the molecule is O=[N+]([O-])c1cnc(Cl)nc1NCc1cc(F)ccc1Br. The number of hydrogen-bond acceptors (Lipinski definition) is 5. The smallest absolute Gasteiger partial charge is 0.329 e. The molecular formula is C11H7BrClFN4O2. The standard InChI is InChI=1S/C11H7BrClFN4O2/c12-8-2-1-7(14)3-6(8)4-15-10-9(18(19)20)5-16-11(13)17-10/h1-3,5H,4H2,(H,15,16,17). The lowest BCUT2D eigenvalue weighted by atomic mass is 10.2. The Balaban J connectivity index is 2.24. The minimum absolute atomic E-state index is 0.0221. The fourth-order valence-corrected chi connectivity index (χ4v) is 2.00. The maximum absolute atomic E-state index is 13.1. The Morgan fingerprint density at radius 2 is 2.25 bits per heavy atom. The van der Waals surface area contributed by atoms with Crippen LogP contribution in [0.15, 0.2) is 28.9 Å². The van der Waals surface area contributed by atoms with Crippen LogP contribution in [0.4, 0.5) is 15.9 Å². The molecule has 0 saturated carbocycles. The number of rotatable bonds is 4. The highest BCUT2D eigenvalue weighted by atomic mass is 79.9. The molecular weight excluding hydrogens is 355 g/mol. The normalized spacial score (nSPS) is 10.3. The summed E-state index contributed by atoms with van der Waals surface area (Å²) in [4.78, 5) is 17.5. The monoisotopic (exact) mass is 360 g/mol. The number of nitro groups is 1. The van der Waals surface area contributed by atoms with Gasteiger partial charge in [-0.2, -0.15) is 4.98 Å². The van der Waals surface area contributed by atoms with E-state index in [1.54, 1.807) is 6.07 Å². The molecule has 0 amide bonds. The Labute approximate surface area is 126 Å². The van der Waals surface area contributed by atoms with Gasteiger partial charge >= 0.3 is 5.69 Å². The molecule has 0 atom stereocenters. The zero-order chi connectivity index (χ0) is 14.7. The van der Waals surface area contributed by atoms with Crippen molar-refractivity contribution in [1.82, 2.24) is 9.97 Å². The lowest BCUT2D eigenvalue weighted by molar-refractivity contribution is -0.384. The summed E-state index contributed by atoms with van der Waals surface area (Å²) in [6.07, 6.45) is 1.01. The average molecular weight is 362 g/mol. The summed E-state index contributed by atoms with van der Waals surface area (Å²) in [6, 6.07) is 4.16. The molecule has 2 aromatic rings. The third-order valence-corrected chi connectivity index (χ3v) is 3.35. The van der Waals surface area contributed by atoms with Crippen LogP contribution in [0.3, 0.4) is 0 Å². The second-order valence-corrected chi connectivity index (χ2v) is 4.91. The van der Waals surface area contributed by atoms with Gasteiger partial charge < -0.3 is 5.32 Å². The second kappa shape index (κ2) is 6.10. The Morgan fingerprint density at radius 1 is 1.50 bits per heavy atom. The van der Waals surface area contributed by atoms with E-state index in [9.17, 15) is 14.5 Å². The van der Waals surface area contributed by atoms with Crippen molar-refractivity contribution in [2.24, 2.45) is 0 Å². The number of nitrogens with one attached hydrogen (secondary N) is 1. The van der Waals surface area contributed by atoms with Crippen molar-refractivity contribution in [1.29, 1.82) is 0 Å². The van der Waals surface area contributed by atoms with E-state index in [-0.39, 0.29) is 23.3 Å². The van der Waals surface area contributed by atoms with E-state index < -0.39 is 10.7 Å². The van der Waals surface area contributed by atoms with E-state index in [1.807, 2.05) is 0 Å². The molecule has 0 unspecified atom stereocenters. The lowest BCUT2D eigenvalue weighted by Crippen LogP contribution is -2.06. The van der Waals surface area contributed by atoms with Crippen LogP contribution in [0.25, 0.3) is 0 Å². The minimum Gasteiger partial charge on any atom is -0.360 e. The molecule has 9 heteroatoms. The number of anilines is 1. The molecule has 0 aliphatic rings. The van der Waals surface area contributed by atoms with Crippen LogP contribution >= 0.6 is 27.5 Å². The predicted molar refractivity (Wildman–Crippen MR) is 75.1 cm³/mol. The van der Waals surface area contributed by atoms with Crippen molar-refractivity contribution in [2.75, 3.05) is 5.32 Å². The van der Waals surface area contributed by atoms with Crippen LogP contribution in [-0.4, -0.2) is 14.9 Å². The second-order valence-electron chi connectivity index (χ2n) is 3.72. The maximum Gasteiger partial charge on any atom is 0.329 e. The first kappa shape index (κ1) is 14.6. The highest BCUT2D eigenvalue weighted by Crippen LogP contribution is 2.24. The van der Waals surface area contributed by atoms with Gasteiger partial charge in [0.25, 0.3) is 0 Å². The molecule has 6 nitrogen and oxygen atoms in total. The van der Waals surface area contributed by atoms with Gasteiger partial charge in [0, 0.05) is 11.0 Å². The minimum atomic E-state index is -0.626. The molecule has 1 aromatic carbocycles. The molecule has 104 valence electrons. The number of hydrogen-bond donors (Lipinski definition) is 1. The van der Waals surface area contributed by atoms with E-state index in [1.165, 1.54) is 12.1 Å². The van der Waals surface area contributed by atoms with Gasteiger partial charge in [-0.05, 0) is 35.4 Å². The summed E-state index contributed by atoms with van der Waals surface area (Å²) in [5.74, 6) is -0.425. The third-order valence-electron chi connectivity index (χ3n) is 2.39. The first-order valence-corrected chi connectivity index (χ1v) is 6.49. The van der Waals surface area contributed by atoms with Crippen LogP contribution in [0.1, 0.15) is 5.56 Å². The largest absolute Gasteiger partial charge is 0.360 e. The first-order chi connectivity index (χ1) is 9.47. The van der Waals surface area contributed by atoms with Crippen molar-refractivity contribution >= 4 is 39.0 Å². The molecule has 0 saturated heterocycles. The summed E-state index contributed by atoms with van der Waals surface area (Å²) < 4.78 is 13.8. The number of aromatic nitrogens is 2. The zero-order valence-corrected chi connectivity index (χ0v) is 12.2. The van der Waals surface area contributed by atoms with Gasteiger partial charge in [0.2, 0.25) is 11.1 Å². The topological polar surface area (TPSA) is 81.0 Å². The van der Waals surface area contributed by atoms with Crippen molar-refractivity contribution in [2.45, 2.75) is 6.54 Å². The Bertz CT molecular complexity index is 671. The zero-order valence-electron chi connectivity index (χ0n) is 9.81. The van der Waals surface area contributed by atoms with Crippen LogP contribution in [0.5, 0.6) is 0 Å². The van der Waals surface area contributed by atoms with Crippen molar-refractivity contribution in [3.8, 4) is 0 Å². The summed E-state index contributed by atoms with van der Waals surface area (Å²) in [5, 5.41) is 13.5. The Kier molecular flexibility index (Phi) is 4.46. The van der Waals surface area contributed by atoms with Crippen LogP contribution < -0.4 is 5.32 Å². The van der Waals surface area contributed by atoms with E-state index >= 15 is 0 Å². The molecule has 1 N–H and O–H groups in total. The van der Waals surface area contributed by atoms with Crippen LogP contribution in [0.2, 0.25) is 5.28 Å². The Hall–Kier alpha value is -1.80. The van der Waals surface area contributed by atoms with Crippen molar-refractivity contribution < 1.29 is 9.31 Å². The van der Waals surface area contributed by atoms with Gasteiger partial charge in [0.1, 0.15) is 12.0 Å². The molecule has 2 rings (SSSR count). The third kappa shape index (κ3) is 3.40. The van der Waals surface area contributed by atoms with E-state index in [0.717, 1.165) is 6.20 Å². The molecule has 1 aromatic heterocycles. The number of nitrogens with zero attached hydrogens (tertiary/aromatic N) is 3. The summed E-state index contributed by atoms with van der Waals surface area (Å²) in [7, 11) is 0. The quantitative estimate of drug-likeness (QED) is 0.512. The highest BCUT2D eigenvalue weighted by molar-refractivity contribution is 9.10. The van der Waals surface area contributed by atoms with Gasteiger partial charge in [-0.1, -0.05) is 15.9 Å². The number of benzene rings is 1. The number of halogens is 3. The fraction of sp³-hybridized carbons (Fsp3) is 0.0909. The van der Waals surface area contributed by atoms with Crippen LogP contribution in [0, 0.1) is 15.9 Å². The molecule has 0 aliphatic carbocycles.